The van der Waals surface area contributed by atoms with Crippen molar-refractivity contribution < 1.29 is 13.9 Å². The Morgan fingerprint density at radius 3 is 2.73 bits per heavy atom. The number of benzene rings is 1. The Kier molecular flexibility index (Phi) is 5.65. The molecule has 8 heteroatoms. The minimum atomic E-state index is -0.669. The normalized spacial score (nSPS) is 14.7. The molecule has 0 bridgehead atoms. The zero-order chi connectivity index (χ0) is 21.1. The highest BCUT2D eigenvalue weighted by molar-refractivity contribution is 5.97. The minimum absolute atomic E-state index is 0.00289. The van der Waals surface area contributed by atoms with Gasteiger partial charge in [-0.05, 0) is 49.9 Å². The monoisotopic (exact) mass is 408 g/mol. The molecule has 0 saturated carbocycles. The summed E-state index contributed by atoms with van der Waals surface area (Å²) in [5.41, 5.74) is 0.571. The standard InChI is InChI=1S/C22H24N4O4/c1-14-6-7-19(25-24-14)26-10-8-15(9-11-26)13-23-21(27)17-12-16-4-3-5-18(29-2)20(16)30-22(17)28/h3-7,12,15H,8-11,13H2,1-2H3,(H,23,27). The van der Waals surface area contributed by atoms with Gasteiger partial charge in [0.2, 0.25) is 0 Å². The first-order valence-electron chi connectivity index (χ1n) is 9.99. The van der Waals surface area contributed by atoms with E-state index in [0.29, 0.717) is 29.2 Å². The lowest BCUT2D eigenvalue weighted by Gasteiger charge is -2.32. The predicted molar refractivity (Wildman–Crippen MR) is 113 cm³/mol. The Morgan fingerprint density at radius 1 is 1.23 bits per heavy atom. The van der Waals surface area contributed by atoms with Gasteiger partial charge in [0.1, 0.15) is 5.56 Å². The van der Waals surface area contributed by atoms with Gasteiger partial charge in [0.25, 0.3) is 5.91 Å². The van der Waals surface area contributed by atoms with E-state index in [1.807, 2.05) is 19.1 Å². The number of fused-ring (bicyclic) bond motifs is 1. The number of rotatable bonds is 5. The minimum Gasteiger partial charge on any atom is -0.493 e. The van der Waals surface area contributed by atoms with Crippen molar-refractivity contribution in [1.82, 2.24) is 15.5 Å². The summed E-state index contributed by atoms with van der Waals surface area (Å²) in [6.07, 6.45) is 1.86. The van der Waals surface area contributed by atoms with Gasteiger partial charge < -0.3 is 19.4 Å². The van der Waals surface area contributed by atoms with Crippen LogP contribution >= 0.6 is 0 Å². The van der Waals surface area contributed by atoms with Gasteiger partial charge in [0, 0.05) is 25.0 Å². The van der Waals surface area contributed by atoms with E-state index < -0.39 is 11.5 Å². The van der Waals surface area contributed by atoms with Crippen LogP contribution in [0.3, 0.4) is 0 Å². The van der Waals surface area contributed by atoms with Gasteiger partial charge in [0.15, 0.2) is 17.2 Å². The third-order valence-corrected chi connectivity index (χ3v) is 5.46. The molecule has 1 N–H and O–H groups in total. The first-order valence-corrected chi connectivity index (χ1v) is 9.99. The Balaban J connectivity index is 1.37. The van der Waals surface area contributed by atoms with Crippen LogP contribution in [0, 0.1) is 12.8 Å². The maximum atomic E-state index is 12.6. The Bertz CT molecular complexity index is 1100. The second-order valence-corrected chi connectivity index (χ2v) is 7.50. The van der Waals surface area contributed by atoms with Crippen LogP contribution in [0.5, 0.6) is 5.75 Å². The van der Waals surface area contributed by atoms with Crippen molar-refractivity contribution in [3.63, 3.8) is 0 Å². The zero-order valence-corrected chi connectivity index (χ0v) is 17.1. The van der Waals surface area contributed by atoms with Gasteiger partial charge in [-0.25, -0.2) is 4.79 Å². The lowest BCUT2D eigenvalue weighted by molar-refractivity contribution is 0.0941. The van der Waals surface area contributed by atoms with Crippen LogP contribution in [-0.4, -0.2) is 42.8 Å². The summed E-state index contributed by atoms with van der Waals surface area (Å²) in [5.74, 6) is 1.27. The van der Waals surface area contributed by atoms with Crippen LogP contribution in [0.1, 0.15) is 28.9 Å². The van der Waals surface area contributed by atoms with E-state index in [9.17, 15) is 9.59 Å². The van der Waals surface area contributed by atoms with Crippen molar-refractivity contribution in [1.29, 1.82) is 0 Å². The highest BCUT2D eigenvalue weighted by atomic mass is 16.5. The van der Waals surface area contributed by atoms with Gasteiger partial charge >= 0.3 is 5.63 Å². The SMILES string of the molecule is COc1cccc2cc(C(=O)NCC3CCN(c4ccc(C)nn4)CC3)c(=O)oc12. The Hall–Kier alpha value is -3.42. The van der Waals surface area contributed by atoms with Crippen molar-refractivity contribution in [2.75, 3.05) is 31.6 Å². The van der Waals surface area contributed by atoms with E-state index in [4.69, 9.17) is 9.15 Å². The molecular weight excluding hydrogens is 384 g/mol. The Morgan fingerprint density at radius 2 is 2.03 bits per heavy atom. The van der Waals surface area contributed by atoms with Crippen LogP contribution < -0.4 is 20.6 Å². The van der Waals surface area contributed by atoms with Crippen LogP contribution in [0.15, 0.2) is 45.6 Å². The summed E-state index contributed by atoms with van der Waals surface area (Å²) in [7, 11) is 1.51. The van der Waals surface area contributed by atoms with Crippen molar-refractivity contribution in [2.24, 2.45) is 5.92 Å². The van der Waals surface area contributed by atoms with Crippen molar-refractivity contribution in [3.05, 3.63) is 58.1 Å². The molecule has 1 saturated heterocycles. The molecule has 0 spiro atoms. The number of anilines is 1. The number of hydrogen-bond donors (Lipinski definition) is 1. The molecule has 1 aliphatic rings. The molecule has 3 heterocycles. The third kappa shape index (κ3) is 4.12. The summed E-state index contributed by atoms with van der Waals surface area (Å²) >= 11 is 0. The number of para-hydroxylation sites is 1. The molecule has 0 aliphatic carbocycles. The molecule has 0 atom stereocenters. The fraction of sp³-hybridized carbons (Fsp3) is 0.364. The molecule has 0 unspecified atom stereocenters. The van der Waals surface area contributed by atoms with E-state index in [1.54, 1.807) is 24.3 Å². The van der Waals surface area contributed by atoms with Gasteiger partial charge in [-0.1, -0.05) is 12.1 Å². The molecule has 8 nitrogen and oxygen atoms in total. The molecule has 156 valence electrons. The van der Waals surface area contributed by atoms with Crippen LogP contribution in [0.4, 0.5) is 5.82 Å². The highest BCUT2D eigenvalue weighted by Gasteiger charge is 2.22. The van der Waals surface area contributed by atoms with Gasteiger partial charge in [-0.15, -0.1) is 5.10 Å². The number of piperidine rings is 1. The van der Waals surface area contributed by atoms with E-state index in [2.05, 4.69) is 20.4 Å². The van der Waals surface area contributed by atoms with Crippen molar-refractivity contribution in [3.8, 4) is 5.75 Å². The van der Waals surface area contributed by atoms with E-state index in [0.717, 1.165) is 37.4 Å². The molecule has 1 fully saturated rings. The summed E-state index contributed by atoms with van der Waals surface area (Å²) in [6.45, 7) is 4.15. The number of carbonyl (C=O) groups excluding carboxylic acids is 1. The number of nitrogens with zero attached hydrogens (tertiary/aromatic N) is 3. The maximum Gasteiger partial charge on any atom is 0.349 e. The molecule has 1 amide bonds. The van der Waals surface area contributed by atoms with E-state index in [1.165, 1.54) is 7.11 Å². The second kappa shape index (κ2) is 8.52. The number of aromatic nitrogens is 2. The summed E-state index contributed by atoms with van der Waals surface area (Å²) in [5, 5.41) is 11.9. The molecule has 30 heavy (non-hydrogen) atoms. The number of amides is 1. The number of carbonyl (C=O) groups is 1. The van der Waals surface area contributed by atoms with Gasteiger partial charge in [-0.3, -0.25) is 4.79 Å². The summed E-state index contributed by atoms with van der Waals surface area (Å²) in [6, 6.07) is 10.8. The zero-order valence-electron chi connectivity index (χ0n) is 17.1. The molecule has 0 radical (unpaired) electrons. The van der Waals surface area contributed by atoms with E-state index in [-0.39, 0.29) is 5.56 Å². The lowest BCUT2D eigenvalue weighted by atomic mass is 9.96. The lowest BCUT2D eigenvalue weighted by Crippen LogP contribution is -2.39. The van der Waals surface area contributed by atoms with Crippen LogP contribution in [0.25, 0.3) is 11.0 Å². The quantitative estimate of drug-likeness (QED) is 0.648. The second-order valence-electron chi connectivity index (χ2n) is 7.50. The number of hydrogen-bond acceptors (Lipinski definition) is 7. The van der Waals surface area contributed by atoms with Crippen LogP contribution in [-0.2, 0) is 0 Å². The molecule has 1 aromatic carbocycles. The smallest absolute Gasteiger partial charge is 0.349 e. The molecule has 1 aliphatic heterocycles. The highest BCUT2D eigenvalue weighted by Crippen LogP contribution is 2.25. The molecular formula is C22H24N4O4. The van der Waals surface area contributed by atoms with Gasteiger partial charge in [0.05, 0.1) is 12.8 Å². The summed E-state index contributed by atoms with van der Waals surface area (Å²) in [4.78, 5) is 27.1. The topological polar surface area (TPSA) is 97.6 Å². The molecule has 4 rings (SSSR count). The predicted octanol–water partition coefficient (Wildman–Crippen LogP) is 2.55. The van der Waals surface area contributed by atoms with Crippen molar-refractivity contribution >= 4 is 22.7 Å². The first-order chi connectivity index (χ1) is 14.5. The van der Waals surface area contributed by atoms with Crippen molar-refractivity contribution in [2.45, 2.75) is 19.8 Å². The first kappa shape index (κ1) is 19.9. The number of methoxy groups -OCH3 is 1. The average molecular weight is 408 g/mol. The number of aryl methyl sites for hydroxylation is 1. The summed E-state index contributed by atoms with van der Waals surface area (Å²) < 4.78 is 10.5. The third-order valence-electron chi connectivity index (χ3n) is 5.46. The Labute approximate surface area is 173 Å². The fourth-order valence-electron chi connectivity index (χ4n) is 3.70. The molecule has 2 aromatic heterocycles. The van der Waals surface area contributed by atoms with Gasteiger partial charge in [-0.2, -0.15) is 5.10 Å². The number of nitrogens with one attached hydrogen (secondary N) is 1. The number of ether oxygens (including phenoxy) is 1. The average Bonchev–Trinajstić information content (AvgIpc) is 2.77. The largest absolute Gasteiger partial charge is 0.493 e. The fourth-order valence-corrected chi connectivity index (χ4v) is 3.70. The van der Waals surface area contributed by atoms with Crippen LogP contribution in [0.2, 0.25) is 0 Å². The van der Waals surface area contributed by atoms with E-state index >= 15 is 0 Å². The maximum absolute atomic E-state index is 12.6. The molecule has 3 aromatic rings.